The molecule has 4 heteroatoms. The van der Waals surface area contributed by atoms with Crippen molar-refractivity contribution in [1.29, 1.82) is 0 Å². The number of amides is 2. The van der Waals surface area contributed by atoms with Crippen molar-refractivity contribution in [1.82, 2.24) is 5.32 Å². The van der Waals surface area contributed by atoms with E-state index in [4.69, 9.17) is 0 Å². The summed E-state index contributed by atoms with van der Waals surface area (Å²) in [4.78, 5) is 26.1. The van der Waals surface area contributed by atoms with E-state index in [9.17, 15) is 9.59 Å². The molecule has 1 N–H and O–H groups in total. The van der Waals surface area contributed by atoms with Crippen LogP contribution in [0.25, 0.3) is 0 Å². The molecule has 1 atom stereocenters. The van der Waals surface area contributed by atoms with Crippen molar-refractivity contribution < 1.29 is 9.59 Å². The predicted octanol–water partition coefficient (Wildman–Crippen LogP) is 2.55. The van der Waals surface area contributed by atoms with Gasteiger partial charge in [-0.2, -0.15) is 0 Å². The molecular weight excluding hydrogens is 264 g/mol. The predicted molar refractivity (Wildman–Crippen MR) is 82.1 cm³/mol. The number of rotatable bonds is 3. The molecule has 1 aliphatic heterocycles. The van der Waals surface area contributed by atoms with E-state index in [1.54, 1.807) is 0 Å². The maximum absolute atomic E-state index is 12.5. The Balaban J connectivity index is 1.72. The van der Waals surface area contributed by atoms with E-state index in [0.717, 1.165) is 18.4 Å². The average Bonchev–Trinajstić information content (AvgIpc) is 2.74. The van der Waals surface area contributed by atoms with Crippen LogP contribution in [0.2, 0.25) is 0 Å². The third-order valence-electron chi connectivity index (χ3n) is 4.45. The Morgan fingerprint density at radius 2 is 1.90 bits per heavy atom. The normalized spacial score (nSPS) is 23.9. The van der Waals surface area contributed by atoms with Crippen molar-refractivity contribution in [2.75, 3.05) is 4.90 Å². The summed E-state index contributed by atoms with van der Waals surface area (Å²) < 4.78 is 0. The number of carbonyl (C=O) groups excluding carboxylic acids is 2. The molecule has 3 rings (SSSR count). The molecule has 21 heavy (non-hydrogen) atoms. The monoisotopic (exact) mass is 286 g/mol. The molecule has 0 radical (unpaired) electrons. The highest BCUT2D eigenvalue weighted by molar-refractivity contribution is 6.22. The fourth-order valence-electron chi connectivity index (χ4n) is 3.35. The van der Waals surface area contributed by atoms with E-state index >= 15 is 0 Å². The first-order chi connectivity index (χ1) is 10.1. The highest BCUT2D eigenvalue weighted by Gasteiger charge is 2.40. The third kappa shape index (κ3) is 3.00. The van der Waals surface area contributed by atoms with Crippen molar-refractivity contribution >= 4 is 17.5 Å². The van der Waals surface area contributed by atoms with Crippen molar-refractivity contribution in [2.24, 2.45) is 0 Å². The molecule has 0 unspecified atom stereocenters. The summed E-state index contributed by atoms with van der Waals surface area (Å²) in [5.41, 5.74) is 1.75. The number of hydrogen-bond donors (Lipinski definition) is 1. The Morgan fingerprint density at radius 1 is 1.14 bits per heavy atom. The van der Waals surface area contributed by atoms with Crippen LogP contribution in [0.5, 0.6) is 0 Å². The van der Waals surface area contributed by atoms with Gasteiger partial charge >= 0.3 is 0 Å². The Labute approximate surface area is 125 Å². The summed E-state index contributed by atoms with van der Waals surface area (Å²) in [6.07, 6.45) is 6.22. The molecule has 1 aromatic rings. The van der Waals surface area contributed by atoms with E-state index in [1.165, 1.54) is 24.2 Å². The molecule has 0 spiro atoms. The van der Waals surface area contributed by atoms with Crippen LogP contribution in [0.4, 0.5) is 5.69 Å². The number of imide groups is 1. The highest BCUT2D eigenvalue weighted by atomic mass is 16.2. The molecule has 112 valence electrons. The fraction of sp³-hybridized carbons (Fsp3) is 0.529. The summed E-state index contributed by atoms with van der Waals surface area (Å²) in [6, 6.07) is 7.60. The van der Waals surface area contributed by atoms with Crippen LogP contribution in [0.15, 0.2) is 24.3 Å². The van der Waals surface area contributed by atoms with Crippen LogP contribution in [-0.4, -0.2) is 23.9 Å². The molecule has 2 aliphatic rings. The van der Waals surface area contributed by atoms with Gasteiger partial charge in [0.05, 0.1) is 18.2 Å². The van der Waals surface area contributed by atoms with Gasteiger partial charge in [0.25, 0.3) is 5.91 Å². The van der Waals surface area contributed by atoms with Crippen LogP contribution in [-0.2, 0) is 9.59 Å². The van der Waals surface area contributed by atoms with Gasteiger partial charge in [-0.05, 0) is 37.5 Å². The highest BCUT2D eigenvalue weighted by Crippen LogP contribution is 2.25. The van der Waals surface area contributed by atoms with Crippen LogP contribution in [0, 0.1) is 6.92 Å². The van der Waals surface area contributed by atoms with E-state index < -0.39 is 0 Å². The number of nitrogens with zero attached hydrogens (tertiary/aromatic N) is 1. The topological polar surface area (TPSA) is 49.4 Å². The van der Waals surface area contributed by atoms with Gasteiger partial charge in [-0.1, -0.05) is 31.4 Å². The first-order valence-corrected chi connectivity index (χ1v) is 7.84. The van der Waals surface area contributed by atoms with Gasteiger partial charge in [0.2, 0.25) is 5.91 Å². The zero-order valence-corrected chi connectivity index (χ0v) is 12.5. The van der Waals surface area contributed by atoms with E-state index in [2.05, 4.69) is 5.32 Å². The summed E-state index contributed by atoms with van der Waals surface area (Å²) in [5.74, 6) is -0.199. The summed E-state index contributed by atoms with van der Waals surface area (Å²) in [6.45, 7) is 1.96. The summed E-state index contributed by atoms with van der Waals surface area (Å²) in [7, 11) is 0. The lowest BCUT2D eigenvalue weighted by molar-refractivity contribution is -0.121. The fourth-order valence-corrected chi connectivity index (χ4v) is 3.35. The maximum Gasteiger partial charge on any atom is 0.251 e. The lowest BCUT2D eigenvalue weighted by Crippen LogP contribution is -2.44. The minimum atomic E-state index is -0.346. The zero-order valence-electron chi connectivity index (χ0n) is 12.5. The molecule has 1 aromatic carbocycles. The van der Waals surface area contributed by atoms with Crippen LogP contribution in [0.1, 0.15) is 44.1 Å². The molecule has 1 saturated heterocycles. The Bertz CT molecular complexity index is 549. The van der Waals surface area contributed by atoms with Crippen molar-refractivity contribution in [3.8, 4) is 0 Å². The summed E-state index contributed by atoms with van der Waals surface area (Å²) in [5, 5.41) is 3.40. The van der Waals surface area contributed by atoms with E-state index in [1.807, 2.05) is 31.2 Å². The molecule has 2 amide bonds. The second-order valence-electron chi connectivity index (χ2n) is 6.16. The van der Waals surface area contributed by atoms with Crippen molar-refractivity contribution in [3.05, 3.63) is 29.8 Å². The van der Waals surface area contributed by atoms with Crippen molar-refractivity contribution in [2.45, 2.75) is 57.5 Å². The molecule has 4 nitrogen and oxygen atoms in total. The number of nitrogens with one attached hydrogen (secondary N) is 1. The molecule has 1 aliphatic carbocycles. The van der Waals surface area contributed by atoms with E-state index in [0.29, 0.717) is 11.7 Å². The molecule has 1 saturated carbocycles. The number of aryl methyl sites for hydroxylation is 1. The van der Waals surface area contributed by atoms with Gasteiger partial charge in [-0.15, -0.1) is 0 Å². The quantitative estimate of drug-likeness (QED) is 0.869. The number of hydrogen-bond acceptors (Lipinski definition) is 3. The van der Waals surface area contributed by atoms with Crippen molar-refractivity contribution in [3.63, 3.8) is 0 Å². The largest absolute Gasteiger partial charge is 0.303 e. The van der Waals surface area contributed by atoms with Crippen LogP contribution >= 0.6 is 0 Å². The third-order valence-corrected chi connectivity index (χ3v) is 4.45. The molecular formula is C17H22N2O2. The Morgan fingerprint density at radius 3 is 2.62 bits per heavy atom. The average molecular weight is 286 g/mol. The number of benzene rings is 1. The minimum Gasteiger partial charge on any atom is -0.303 e. The van der Waals surface area contributed by atoms with Crippen LogP contribution in [0.3, 0.4) is 0 Å². The lowest BCUT2D eigenvalue weighted by atomic mass is 9.95. The van der Waals surface area contributed by atoms with Gasteiger partial charge in [0.15, 0.2) is 0 Å². The minimum absolute atomic E-state index is 0.0982. The molecule has 0 aromatic heterocycles. The Kier molecular flexibility index (Phi) is 4.06. The number of anilines is 1. The van der Waals surface area contributed by atoms with Gasteiger partial charge in [0.1, 0.15) is 0 Å². The standard InChI is InChI=1S/C17H22N2O2/c1-12-6-5-9-14(10-12)19-16(20)11-15(17(19)21)18-13-7-3-2-4-8-13/h5-6,9-10,13,15,18H,2-4,7-8,11H2,1H3/t15-/m0/s1. The second kappa shape index (κ2) is 5.98. The SMILES string of the molecule is Cc1cccc(N2C(=O)C[C@H](NC3CCCCC3)C2=O)c1. The van der Waals surface area contributed by atoms with E-state index in [-0.39, 0.29) is 24.3 Å². The van der Waals surface area contributed by atoms with Gasteiger partial charge in [-0.3, -0.25) is 9.59 Å². The summed E-state index contributed by atoms with van der Waals surface area (Å²) >= 11 is 0. The molecule has 2 fully saturated rings. The smallest absolute Gasteiger partial charge is 0.251 e. The lowest BCUT2D eigenvalue weighted by Gasteiger charge is -2.25. The van der Waals surface area contributed by atoms with Gasteiger partial charge in [0, 0.05) is 6.04 Å². The van der Waals surface area contributed by atoms with Gasteiger partial charge < -0.3 is 5.32 Å². The molecule has 1 heterocycles. The zero-order chi connectivity index (χ0) is 14.8. The first-order valence-electron chi connectivity index (χ1n) is 7.84. The first kappa shape index (κ1) is 14.3. The maximum atomic E-state index is 12.5. The Hall–Kier alpha value is -1.68. The molecule has 0 bridgehead atoms. The van der Waals surface area contributed by atoms with Crippen LogP contribution < -0.4 is 10.2 Å². The second-order valence-corrected chi connectivity index (χ2v) is 6.16. The number of carbonyl (C=O) groups is 2. The van der Waals surface area contributed by atoms with Gasteiger partial charge in [-0.25, -0.2) is 4.90 Å².